The van der Waals surface area contributed by atoms with E-state index in [4.69, 9.17) is 25.9 Å². The van der Waals surface area contributed by atoms with Gasteiger partial charge in [0.1, 0.15) is 12.7 Å². The number of hydroxylamine groups is 2. The number of nitrogens with zero attached hydrogens (tertiary/aromatic N) is 1. The number of carbonyl (C=O) groups is 2. The molecule has 0 aliphatic carbocycles. The van der Waals surface area contributed by atoms with Crippen LogP contribution < -0.4 is 0 Å². The molecular formula is C19H16ClNO5. The number of fused-ring (bicyclic) bond motifs is 1. The van der Waals surface area contributed by atoms with Crippen LogP contribution >= 0.6 is 11.6 Å². The number of ether oxygens (including phenoxy) is 2. The molecule has 2 atom stereocenters. The molecular weight excluding hydrogens is 358 g/mol. The molecule has 2 aromatic carbocycles. The van der Waals surface area contributed by atoms with Crippen molar-refractivity contribution in [2.75, 3.05) is 13.2 Å². The molecule has 2 unspecified atom stereocenters. The van der Waals surface area contributed by atoms with E-state index in [0.29, 0.717) is 21.7 Å². The molecule has 2 heterocycles. The monoisotopic (exact) mass is 373 g/mol. The van der Waals surface area contributed by atoms with Crippen LogP contribution in [0.2, 0.25) is 5.02 Å². The Morgan fingerprint density at radius 1 is 1.12 bits per heavy atom. The van der Waals surface area contributed by atoms with Gasteiger partial charge in [0.25, 0.3) is 11.8 Å². The lowest BCUT2D eigenvalue weighted by Crippen LogP contribution is -2.34. The van der Waals surface area contributed by atoms with Crippen LogP contribution in [-0.2, 0) is 20.1 Å². The predicted octanol–water partition coefficient (Wildman–Crippen LogP) is 3.16. The van der Waals surface area contributed by atoms with E-state index in [1.165, 1.54) is 0 Å². The molecule has 0 N–H and O–H groups in total. The molecule has 0 bridgehead atoms. The number of imide groups is 1. The average Bonchev–Trinajstić information content (AvgIpc) is 3.14. The van der Waals surface area contributed by atoms with E-state index in [-0.39, 0.29) is 13.2 Å². The average molecular weight is 374 g/mol. The molecule has 2 amide bonds. The van der Waals surface area contributed by atoms with E-state index in [1.54, 1.807) is 37.3 Å². The molecule has 7 heteroatoms. The second kappa shape index (κ2) is 6.48. The molecule has 0 radical (unpaired) electrons. The van der Waals surface area contributed by atoms with Crippen LogP contribution in [0.1, 0.15) is 33.2 Å². The van der Waals surface area contributed by atoms with Crippen molar-refractivity contribution in [3.63, 3.8) is 0 Å². The van der Waals surface area contributed by atoms with Crippen molar-refractivity contribution in [2.45, 2.75) is 18.8 Å². The smallest absolute Gasteiger partial charge is 0.285 e. The van der Waals surface area contributed by atoms with Gasteiger partial charge in [-0.25, -0.2) is 0 Å². The summed E-state index contributed by atoms with van der Waals surface area (Å²) in [5, 5.41) is 1.32. The molecule has 0 spiro atoms. The molecule has 26 heavy (non-hydrogen) atoms. The first-order valence-electron chi connectivity index (χ1n) is 8.17. The minimum atomic E-state index is -1.01. The lowest BCUT2D eigenvalue weighted by atomic mass is 10.1. The molecule has 1 fully saturated rings. The van der Waals surface area contributed by atoms with Crippen LogP contribution in [-0.4, -0.2) is 36.2 Å². The summed E-state index contributed by atoms with van der Waals surface area (Å²) in [6.07, 6.45) is -0.444. The highest BCUT2D eigenvalue weighted by Crippen LogP contribution is 2.37. The standard InChI is InChI=1S/C19H16ClNO5/c1-19(15-8-4-5-9-16(15)20)24-10-12(26-19)11-25-21-17(22)13-6-2-3-7-14(13)18(21)23/h2-9,12H,10-11H2,1H3. The fourth-order valence-corrected chi connectivity index (χ4v) is 3.44. The maximum absolute atomic E-state index is 12.3. The van der Waals surface area contributed by atoms with Crippen LogP contribution in [0.4, 0.5) is 0 Å². The molecule has 2 aliphatic rings. The van der Waals surface area contributed by atoms with E-state index in [1.807, 2.05) is 18.2 Å². The fourth-order valence-electron chi connectivity index (χ4n) is 3.13. The van der Waals surface area contributed by atoms with Gasteiger partial charge in [0.2, 0.25) is 0 Å². The summed E-state index contributed by atoms with van der Waals surface area (Å²) in [6, 6.07) is 13.9. The van der Waals surface area contributed by atoms with E-state index in [9.17, 15) is 9.59 Å². The second-order valence-corrected chi connectivity index (χ2v) is 6.63. The third kappa shape index (κ3) is 2.81. The first-order chi connectivity index (χ1) is 12.5. The van der Waals surface area contributed by atoms with Gasteiger partial charge in [-0.1, -0.05) is 41.9 Å². The van der Waals surface area contributed by atoms with Gasteiger partial charge in [0.05, 0.1) is 17.7 Å². The first-order valence-corrected chi connectivity index (χ1v) is 8.55. The van der Waals surface area contributed by atoms with Crippen molar-refractivity contribution < 1.29 is 23.9 Å². The van der Waals surface area contributed by atoms with Gasteiger partial charge < -0.3 is 9.47 Å². The summed E-state index contributed by atoms with van der Waals surface area (Å²) in [5.41, 5.74) is 1.38. The predicted molar refractivity (Wildman–Crippen MR) is 92.5 cm³/mol. The number of benzene rings is 2. The number of carbonyl (C=O) groups excluding carboxylic acids is 2. The third-order valence-electron chi connectivity index (χ3n) is 4.45. The van der Waals surface area contributed by atoms with Gasteiger partial charge in [-0.3, -0.25) is 14.4 Å². The zero-order valence-corrected chi connectivity index (χ0v) is 14.7. The molecule has 134 valence electrons. The van der Waals surface area contributed by atoms with Crippen molar-refractivity contribution in [3.8, 4) is 0 Å². The van der Waals surface area contributed by atoms with Gasteiger partial charge in [-0.2, -0.15) is 0 Å². The van der Waals surface area contributed by atoms with Crippen molar-refractivity contribution in [1.82, 2.24) is 5.06 Å². The van der Waals surface area contributed by atoms with E-state index >= 15 is 0 Å². The number of hydrogen-bond donors (Lipinski definition) is 0. The Morgan fingerprint density at radius 3 is 2.38 bits per heavy atom. The normalized spacial score (nSPS) is 25.0. The number of halogens is 1. The highest BCUT2D eigenvalue weighted by atomic mass is 35.5. The Hall–Kier alpha value is -2.25. The zero-order valence-electron chi connectivity index (χ0n) is 14.0. The molecule has 4 rings (SSSR count). The summed E-state index contributed by atoms with van der Waals surface area (Å²) in [4.78, 5) is 30.0. The summed E-state index contributed by atoms with van der Waals surface area (Å²) >= 11 is 6.22. The number of rotatable bonds is 4. The van der Waals surface area contributed by atoms with Crippen LogP contribution in [0.5, 0.6) is 0 Å². The van der Waals surface area contributed by atoms with Gasteiger partial charge in [0.15, 0.2) is 5.79 Å². The van der Waals surface area contributed by atoms with Crippen molar-refractivity contribution >= 4 is 23.4 Å². The topological polar surface area (TPSA) is 65.1 Å². The van der Waals surface area contributed by atoms with Crippen LogP contribution in [0, 0.1) is 0 Å². The molecule has 2 aromatic rings. The Bertz CT molecular complexity index is 851. The van der Waals surface area contributed by atoms with E-state index < -0.39 is 23.7 Å². The van der Waals surface area contributed by atoms with E-state index in [2.05, 4.69) is 0 Å². The summed E-state index contributed by atoms with van der Waals surface area (Å²) in [6.45, 7) is 2.03. The first kappa shape index (κ1) is 17.2. The van der Waals surface area contributed by atoms with Gasteiger partial charge in [-0.15, -0.1) is 5.06 Å². The Labute approximate surface area is 155 Å². The van der Waals surface area contributed by atoms with Crippen molar-refractivity contribution in [1.29, 1.82) is 0 Å². The Morgan fingerprint density at radius 2 is 1.73 bits per heavy atom. The highest BCUT2D eigenvalue weighted by Gasteiger charge is 2.42. The number of amides is 2. The van der Waals surface area contributed by atoms with Gasteiger partial charge in [0, 0.05) is 10.6 Å². The Kier molecular flexibility index (Phi) is 4.28. The maximum Gasteiger partial charge on any atom is 0.285 e. The molecule has 0 saturated carbocycles. The lowest BCUT2D eigenvalue weighted by Gasteiger charge is -2.25. The largest absolute Gasteiger partial charge is 0.343 e. The SMILES string of the molecule is CC1(c2ccccc2Cl)OCC(CON2C(=O)c3ccccc3C2=O)O1. The molecule has 2 aliphatic heterocycles. The molecule has 0 aromatic heterocycles. The molecule has 6 nitrogen and oxygen atoms in total. The highest BCUT2D eigenvalue weighted by molar-refractivity contribution is 6.31. The van der Waals surface area contributed by atoms with Crippen LogP contribution in [0.15, 0.2) is 48.5 Å². The summed E-state index contributed by atoms with van der Waals surface area (Å²) < 4.78 is 11.7. The summed E-state index contributed by atoms with van der Waals surface area (Å²) in [5.74, 6) is -1.95. The minimum Gasteiger partial charge on any atom is -0.343 e. The molecule has 1 saturated heterocycles. The number of hydrogen-bond acceptors (Lipinski definition) is 5. The van der Waals surface area contributed by atoms with Crippen LogP contribution in [0.25, 0.3) is 0 Å². The van der Waals surface area contributed by atoms with Crippen molar-refractivity contribution in [3.05, 3.63) is 70.2 Å². The maximum atomic E-state index is 12.3. The van der Waals surface area contributed by atoms with Crippen LogP contribution in [0.3, 0.4) is 0 Å². The van der Waals surface area contributed by atoms with Gasteiger partial charge in [-0.05, 0) is 25.1 Å². The van der Waals surface area contributed by atoms with Gasteiger partial charge >= 0.3 is 0 Å². The van der Waals surface area contributed by atoms with E-state index in [0.717, 1.165) is 5.06 Å². The minimum absolute atomic E-state index is 0.00547. The Balaban J connectivity index is 1.42. The lowest BCUT2D eigenvalue weighted by molar-refractivity contribution is -0.179. The van der Waals surface area contributed by atoms with Crippen molar-refractivity contribution in [2.24, 2.45) is 0 Å². The summed E-state index contributed by atoms with van der Waals surface area (Å²) in [7, 11) is 0. The zero-order chi connectivity index (χ0) is 18.3. The fraction of sp³-hybridized carbons (Fsp3) is 0.263. The second-order valence-electron chi connectivity index (χ2n) is 6.22. The quantitative estimate of drug-likeness (QED) is 0.770. The third-order valence-corrected chi connectivity index (χ3v) is 4.78.